The van der Waals surface area contributed by atoms with E-state index in [2.05, 4.69) is 22.0 Å². The molecule has 0 aliphatic carbocycles. The highest BCUT2D eigenvalue weighted by Gasteiger charge is 2.38. The summed E-state index contributed by atoms with van der Waals surface area (Å²) in [6, 6.07) is 10.8. The van der Waals surface area contributed by atoms with Gasteiger partial charge < -0.3 is 10.0 Å². The first-order valence-electron chi connectivity index (χ1n) is 9.10. The fraction of sp³-hybridized carbons (Fsp3) is 0.238. The fourth-order valence-electron chi connectivity index (χ4n) is 3.65. The number of aromatic nitrogens is 4. The molecule has 3 aromatic rings. The Bertz CT molecular complexity index is 1190. The number of carbonyl (C=O) groups is 1. The predicted molar refractivity (Wildman–Crippen MR) is 106 cm³/mol. The molecule has 0 saturated carbocycles. The van der Waals surface area contributed by atoms with Crippen molar-refractivity contribution >= 4 is 5.91 Å². The Balaban J connectivity index is 1.92. The number of nitrogens with zero attached hydrogens (tertiary/aromatic N) is 5. The third kappa shape index (κ3) is 3.17. The predicted octanol–water partition coefficient (Wildman–Crippen LogP) is 1.43. The molecule has 29 heavy (non-hydrogen) atoms. The number of amides is 1. The highest BCUT2D eigenvalue weighted by atomic mass is 16.3. The number of aromatic hydroxyl groups is 1. The lowest BCUT2D eigenvalue weighted by Gasteiger charge is -2.37. The van der Waals surface area contributed by atoms with E-state index in [1.165, 1.54) is 9.58 Å². The van der Waals surface area contributed by atoms with E-state index in [0.29, 0.717) is 12.2 Å². The molecule has 1 aromatic carbocycles. The Morgan fingerprint density at radius 1 is 1.21 bits per heavy atom. The van der Waals surface area contributed by atoms with E-state index in [0.717, 1.165) is 11.8 Å². The molecule has 1 aliphatic heterocycles. The molecule has 146 valence electrons. The Morgan fingerprint density at radius 2 is 1.97 bits per heavy atom. The summed E-state index contributed by atoms with van der Waals surface area (Å²) in [5, 5.41) is 19.1. The van der Waals surface area contributed by atoms with Gasteiger partial charge >= 0.3 is 0 Å². The first-order chi connectivity index (χ1) is 14.0. The number of carbonyl (C=O) groups excluding carboxylic acids is 1. The van der Waals surface area contributed by atoms with Gasteiger partial charge in [-0.15, -0.1) is 0 Å². The summed E-state index contributed by atoms with van der Waals surface area (Å²) >= 11 is 0. The molecule has 0 saturated heterocycles. The molecule has 0 spiro atoms. The SMILES string of the molecule is CC#Cc1ccn([C@H](c2ccccc2)C2CN(C)C(=O)c3c(O)c(=O)cnn32)n1. The van der Waals surface area contributed by atoms with Crippen molar-refractivity contribution < 1.29 is 9.90 Å². The molecule has 0 radical (unpaired) electrons. The normalized spacial score (nSPS) is 16.7. The number of benzene rings is 1. The maximum atomic E-state index is 12.6. The molecule has 0 fully saturated rings. The summed E-state index contributed by atoms with van der Waals surface area (Å²) in [7, 11) is 1.63. The average molecular weight is 389 g/mol. The maximum Gasteiger partial charge on any atom is 0.275 e. The molecule has 3 heterocycles. The van der Waals surface area contributed by atoms with E-state index < -0.39 is 23.1 Å². The molecule has 4 rings (SSSR count). The lowest BCUT2D eigenvalue weighted by molar-refractivity contribution is 0.0667. The Kier molecular flexibility index (Phi) is 4.64. The van der Waals surface area contributed by atoms with Crippen molar-refractivity contribution in [3.05, 3.63) is 76.0 Å². The average Bonchev–Trinajstić information content (AvgIpc) is 3.17. The zero-order chi connectivity index (χ0) is 20.5. The van der Waals surface area contributed by atoms with E-state index in [1.807, 2.05) is 42.6 Å². The van der Waals surface area contributed by atoms with Crippen molar-refractivity contribution in [1.29, 1.82) is 0 Å². The van der Waals surface area contributed by atoms with Gasteiger partial charge in [0.2, 0.25) is 5.43 Å². The summed E-state index contributed by atoms with van der Waals surface area (Å²) in [6.07, 6.45) is 2.86. The summed E-state index contributed by atoms with van der Waals surface area (Å²) in [5.41, 5.74) is 0.780. The molecule has 1 N–H and O–H groups in total. The monoisotopic (exact) mass is 389 g/mol. The van der Waals surface area contributed by atoms with Crippen LogP contribution in [0.15, 0.2) is 53.6 Å². The van der Waals surface area contributed by atoms with Crippen LogP contribution in [0.1, 0.15) is 40.8 Å². The van der Waals surface area contributed by atoms with Crippen LogP contribution in [0.25, 0.3) is 0 Å². The number of likely N-dealkylation sites (N-methyl/N-ethyl adjacent to an activating group) is 1. The minimum atomic E-state index is -0.686. The zero-order valence-corrected chi connectivity index (χ0v) is 16.0. The first-order valence-corrected chi connectivity index (χ1v) is 9.10. The van der Waals surface area contributed by atoms with Crippen LogP contribution < -0.4 is 5.43 Å². The van der Waals surface area contributed by atoms with E-state index in [1.54, 1.807) is 18.7 Å². The second-order valence-electron chi connectivity index (χ2n) is 6.82. The van der Waals surface area contributed by atoms with Crippen molar-refractivity contribution in [2.75, 3.05) is 13.6 Å². The molecule has 2 aromatic heterocycles. The van der Waals surface area contributed by atoms with E-state index in [4.69, 9.17) is 0 Å². The quantitative estimate of drug-likeness (QED) is 0.684. The van der Waals surface area contributed by atoms with Crippen LogP contribution in [0, 0.1) is 11.8 Å². The van der Waals surface area contributed by atoms with Gasteiger partial charge in [0.25, 0.3) is 5.91 Å². The van der Waals surface area contributed by atoms with Crippen molar-refractivity contribution in [3.63, 3.8) is 0 Å². The van der Waals surface area contributed by atoms with E-state index in [9.17, 15) is 14.7 Å². The van der Waals surface area contributed by atoms with Crippen LogP contribution in [-0.4, -0.2) is 49.1 Å². The summed E-state index contributed by atoms with van der Waals surface area (Å²) < 4.78 is 3.22. The molecule has 1 aliphatic rings. The zero-order valence-electron chi connectivity index (χ0n) is 16.0. The van der Waals surface area contributed by atoms with Gasteiger partial charge in [-0.25, -0.2) is 4.68 Å². The molecule has 8 nitrogen and oxygen atoms in total. The number of hydrogen-bond acceptors (Lipinski definition) is 5. The molecule has 1 amide bonds. The summed E-state index contributed by atoms with van der Waals surface area (Å²) in [5.74, 6) is 4.73. The van der Waals surface area contributed by atoms with E-state index in [-0.39, 0.29) is 11.7 Å². The third-order valence-electron chi connectivity index (χ3n) is 4.96. The molecular formula is C21H19N5O3. The number of hydrogen-bond donors (Lipinski definition) is 1. The van der Waals surface area contributed by atoms with E-state index >= 15 is 0 Å². The van der Waals surface area contributed by atoms with Gasteiger partial charge in [-0.1, -0.05) is 36.3 Å². The van der Waals surface area contributed by atoms with Gasteiger partial charge in [-0.05, 0) is 24.5 Å². The lowest BCUT2D eigenvalue weighted by Crippen LogP contribution is -2.46. The van der Waals surface area contributed by atoms with Gasteiger partial charge in [0, 0.05) is 19.8 Å². The largest absolute Gasteiger partial charge is 0.502 e. The highest BCUT2D eigenvalue weighted by molar-refractivity contribution is 5.95. The Morgan fingerprint density at radius 3 is 2.69 bits per heavy atom. The van der Waals surface area contributed by atoms with Crippen molar-refractivity contribution in [2.24, 2.45) is 0 Å². The second kappa shape index (κ2) is 7.28. The van der Waals surface area contributed by atoms with Gasteiger partial charge in [0.15, 0.2) is 11.4 Å². The van der Waals surface area contributed by atoms with Gasteiger partial charge in [0.1, 0.15) is 11.7 Å². The third-order valence-corrected chi connectivity index (χ3v) is 4.96. The van der Waals surface area contributed by atoms with Crippen LogP contribution in [0.3, 0.4) is 0 Å². The van der Waals surface area contributed by atoms with Crippen LogP contribution in [-0.2, 0) is 0 Å². The summed E-state index contributed by atoms with van der Waals surface area (Å²) in [4.78, 5) is 26.0. The first kappa shape index (κ1) is 18.5. The van der Waals surface area contributed by atoms with Crippen molar-refractivity contribution in [3.8, 4) is 17.6 Å². The van der Waals surface area contributed by atoms with Crippen molar-refractivity contribution in [2.45, 2.75) is 19.0 Å². The van der Waals surface area contributed by atoms with Crippen LogP contribution in [0.2, 0.25) is 0 Å². The van der Waals surface area contributed by atoms with Crippen molar-refractivity contribution in [1.82, 2.24) is 24.5 Å². The molecule has 2 atom stereocenters. The Hall–Kier alpha value is -3.86. The molecular weight excluding hydrogens is 370 g/mol. The standard InChI is InChI=1S/C21H19N5O3/c1-3-7-15-10-11-25(23-15)18(14-8-5-4-6-9-14)16-13-24(2)21(29)19-20(28)17(27)12-22-26(16)19/h4-6,8-12,16,18,28H,13H2,1-2H3/t16?,18-/m1/s1. The molecule has 8 heteroatoms. The minimum absolute atomic E-state index is 0.113. The second-order valence-corrected chi connectivity index (χ2v) is 6.82. The lowest BCUT2D eigenvalue weighted by atomic mass is 9.97. The van der Waals surface area contributed by atoms with Gasteiger partial charge in [0.05, 0.1) is 12.2 Å². The van der Waals surface area contributed by atoms with Crippen LogP contribution in [0.5, 0.6) is 5.75 Å². The van der Waals surface area contributed by atoms with Crippen LogP contribution >= 0.6 is 0 Å². The topological polar surface area (TPSA) is 93.3 Å². The number of fused-ring (bicyclic) bond motifs is 1. The molecule has 0 bridgehead atoms. The molecule has 1 unspecified atom stereocenters. The van der Waals surface area contributed by atoms with Crippen LogP contribution in [0.4, 0.5) is 0 Å². The smallest absolute Gasteiger partial charge is 0.275 e. The fourth-order valence-corrected chi connectivity index (χ4v) is 3.65. The minimum Gasteiger partial charge on any atom is -0.502 e. The van der Waals surface area contributed by atoms with Gasteiger partial charge in [-0.2, -0.15) is 10.2 Å². The summed E-state index contributed by atoms with van der Waals surface area (Å²) in [6.45, 7) is 2.07. The highest BCUT2D eigenvalue weighted by Crippen LogP contribution is 2.35. The maximum absolute atomic E-state index is 12.6. The Labute approximate surface area is 167 Å². The van der Waals surface area contributed by atoms with Gasteiger partial charge in [-0.3, -0.25) is 14.3 Å². The number of rotatable bonds is 3.